The monoisotopic (exact) mass is 316 g/mol. The molecule has 1 aromatic rings. The summed E-state index contributed by atoms with van der Waals surface area (Å²) in [4.78, 5) is 5.31. The second kappa shape index (κ2) is 8.81. The zero-order chi connectivity index (χ0) is 15.9. The second-order valence-electron chi connectivity index (χ2n) is 7.26. The van der Waals surface area contributed by atoms with Crippen molar-refractivity contribution in [1.29, 1.82) is 0 Å². The van der Waals surface area contributed by atoms with E-state index in [0.717, 1.165) is 32.1 Å². The normalized spacial score (nSPS) is 25.3. The van der Waals surface area contributed by atoms with Crippen LogP contribution in [0, 0.1) is 0 Å². The van der Waals surface area contributed by atoms with E-state index in [0.29, 0.717) is 12.6 Å². The summed E-state index contributed by atoms with van der Waals surface area (Å²) >= 11 is 0. The van der Waals surface area contributed by atoms with E-state index in [1.807, 2.05) is 0 Å². The van der Waals surface area contributed by atoms with Gasteiger partial charge in [0.05, 0.1) is 0 Å². The Bertz CT molecular complexity index is 442. The van der Waals surface area contributed by atoms with E-state index in [-0.39, 0.29) is 0 Å². The molecule has 2 aliphatic rings. The van der Waals surface area contributed by atoms with Crippen molar-refractivity contribution in [3.05, 3.63) is 35.9 Å². The minimum absolute atomic E-state index is 0.300. The lowest BCUT2D eigenvalue weighted by atomic mass is 10.0. The highest BCUT2D eigenvalue weighted by atomic mass is 16.3. The number of hydrogen-bond acceptors (Lipinski definition) is 3. The molecule has 3 nitrogen and oxygen atoms in total. The SMILES string of the molecule is OCCC1CN(C2CCCCCC2)CCN1Cc1ccccc1. The molecule has 23 heavy (non-hydrogen) atoms. The maximum absolute atomic E-state index is 9.50. The zero-order valence-electron chi connectivity index (χ0n) is 14.4. The predicted molar refractivity (Wildman–Crippen MR) is 95.4 cm³/mol. The quantitative estimate of drug-likeness (QED) is 0.845. The van der Waals surface area contributed by atoms with E-state index in [1.54, 1.807) is 0 Å². The summed E-state index contributed by atoms with van der Waals surface area (Å²) in [6.07, 6.45) is 9.30. The number of aliphatic hydroxyl groups is 1. The summed E-state index contributed by atoms with van der Waals surface area (Å²) in [7, 11) is 0. The van der Waals surface area contributed by atoms with Gasteiger partial charge in [0.25, 0.3) is 0 Å². The van der Waals surface area contributed by atoms with Crippen LogP contribution in [0.3, 0.4) is 0 Å². The molecule has 0 radical (unpaired) electrons. The number of rotatable bonds is 5. The molecule has 1 aromatic carbocycles. The summed E-state index contributed by atoms with van der Waals surface area (Å²) in [6, 6.07) is 12.0. The Hall–Kier alpha value is -0.900. The van der Waals surface area contributed by atoms with Gasteiger partial charge in [0, 0.05) is 44.9 Å². The molecule has 1 saturated heterocycles. The van der Waals surface area contributed by atoms with Crippen LogP contribution in [0.15, 0.2) is 30.3 Å². The van der Waals surface area contributed by atoms with Gasteiger partial charge in [-0.05, 0) is 24.8 Å². The molecule has 0 aromatic heterocycles. The van der Waals surface area contributed by atoms with Crippen molar-refractivity contribution in [2.75, 3.05) is 26.2 Å². The first-order valence-electron chi connectivity index (χ1n) is 9.49. The Balaban J connectivity index is 1.60. The molecule has 0 bridgehead atoms. The third-order valence-electron chi connectivity index (χ3n) is 5.67. The molecule has 3 heteroatoms. The molecule has 1 heterocycles. The first-order valence-corrected chi connectivity index (χ1v) is 9.49. The Morgan fingerprint density at radius 2 is 1.70 bits per heavy atom. The number of hydrogen-bond donors (Lipinski definition) is 1. The third-order valence-corrected chi connectivity index (χ3v) is 5.67. The van der Waals surface area contributed by atoms with Crippen molar-refractivity contribution >= 4 is 0 Å². The molecule has 0 spiro atoms. The average Bonchev–Trinajstić information content (AvgIpc) is 2.87. The zero-order valence-corrected chi connectivity index (χ0v) is 14.4. The van der Waals surface area contributed by atoms with Crippen molar-refractivity contribution in [2.45, 2.75) is 63.6 Å². The minimum atomic E-state index is 0.300. The van der Waals surface area contributed by atoms with Crippen molar-refractivity contribution in [1.82, 2.24) is 9.80 Å². The predicted octanol–water partition coefficient (Wildman–Crippen LogP) is 3.28. The van der Waals surface area contributed by atoms with Gasteiger partial charge in [-0.25, -0.2) is 0 Å². The second-order valence-corrected chi connectivity index (χ2v) is 7.26. The van der Waals surface area contributed by atoms with Crippen LogP contribution < -0.4 is 0 Å². The average molecular weight is 316 g/mol. The van der Waals surface area contributed by atoms with Crippen LogP contribution in [-0.2, 0) is 6.54 Å². The van der Waals surface area contributed by atoms with Gasteiger partial charge >= 0.3 is 0 Å². The molecule has 1 unspecified atom stereocenters. The standard InChI is InChI=1S/C20H32N2O/c23-15-12-20-17-22(19-10-6-1-2-7-11-19)14-13-21(20)16-18-8-4-3-5-9-18/h3-5,8-9,19-20,23H,1-2,6-7,10-17H2. The Labute approximate surface area is 141 Å². The van der Waals surface area contributed by atoms with Gasteiger partial charge in [0.15, 0.2) is 0 Å². The molecule has 2 fully saturated rings. The van der Waals surface area contributed by atoms with Crippen LogP contribution in [0.2, 0.25) is 0 Å². The summed E-state index contributed by atoms with van der Waals surface area (Å²) in [6.45, 7) is 4.78. The highest BCUT2D eigenvalue weighted by Crippen LogP contribution is 2.25. The Morgan fingerprint density at radius 3 is 2.39 bits per heavy atom. The Kier molecular flexibility index (Phi) is 6.49. The van der Waals surface area contributed by atoms with Crippen molar-refractivity contribution in [2.24, 2.45) is 0 Å². The van der Waals surface area contributed by atoms with E-state index in [1.165, 1.54) is 50.6 Å². The molecule has 1 N–H and O–H groups in total. The van der Waals surface area contributed by atoms with Crippen LogP contribution in [0.1, 0.15) is 50.5 Å². The first kappa shape index (κ1) is 16.9. The van der Waals surface area contributed by atoms with Gasteiger partial charge in [0.1, 0.15) is 0 Å². The van der Waals surface area contributed by atoms with E-state index in [4.69, 9.17) is 0 Å². The number of nitrogens with zero attached hydrogens (tertiary/aromatic N) is 2. The molecule has 128 valence electrons. The van der Waals surface area contributed by atoms with Crippen LogP contribution in [0.4, 0.5) is 0 Å². The van der Waals surface area contributed by atoms with Gasteiger partial charge in [-0.3, -0.25) is 9.80 Å². The van der Waals surface area contributed by atoms with Crippen LogP contribution >= 0.6 is 0 Å². The molecule has 1 aliphatic heterocycles. The fourth-order valence-electron chi connectivity index (χ4n) is 4.32. The van der Waals surface area contributed by atoms with Gasteiger partial charge in [0.2, 0.25) is 0 Å². The Morgan fingerprint density at radius 1 is 0.957 bits per heavy atom. The van der Waals surface area contributed by atoms with Crippen LogP contribution in [0.5, 0.6) is 0 Å². The maximum atomic E-state index is 9.50. The van der Waals surface area contributed by atoms with E-state index in [9.17, 15) is 5.11 Å². The summed E-state index contributed by atoms with van der Waals surface area (Å²) in [5.74, 6) is 0. The van der Waals surface area contributed by atoms with Gasteiger partial charge < -0.3 is 5.11 Å². The fourth-order valence-corrected chi connectivity index (χ4v) is 4.32. The molecular weight excluding hydrogens is 284 g/mol. The molecule has 1 aliphatic carbocycles. The first-order chi connectivity index (χ1) is 11.4. The van der Waals surface area contributed by atoms with Gasteiger partial charge in [-0.2, -0.15) is 0 Å². The largest absolute Gasteiger partial charge is 0.396 e. The molecular formula is C20H32N2O. The van der Waals surface area contributed by atoms with E-state index >= 15 is 0 Å². The van der Waals surface area contributed by atoms with Crippen LogP contribution in [-0.4, -0.2) is 53.2 Å². The molecule has 1 atom stereocenters. The fraction of sp³-hybridized carbons (Fsp3) is 0.700. The highest BCUT2D eigenvalue weighted by Gasteiger charge is 2.30. The van der Waals surface area contributed by atoms with E-state index in [2.05, 4.69) is 40.1 Å². The maximum Gasteiger partial charge on any atom is 0.0446 e. The molecule has 3 rings (SSSR count). The number of piperazine rings is 1. The van der Waals surface area contributed by atoms with Crippen molar-refractivity contribution in [3.63, 3.8) is 0 Å². The molecule has 0 amide bonds. The topological polar surface area (TPSA) is 26.7 Å². The lowest BCUT2D eigenvalue weighted by Crippen LogP contribution is -2.55. The van der Waals surface area contributed by atoms with Crippen molar-refractivity contribution < 1.29 is 5.11 Å². The van der Waals surface area contributed by atoms with Gasteiger partial charge in [-0.1, -0.05) is 56.0 Å². The lowest BCUT2D eigenvalue weighted by molar-refractivity contribution is 0.0276. The van der Waals surface area contributed by atoms with E-state index < -0.39 is 0 Å². The highest BCUT2D eigenvalue weighted by molar-refractivity contribution is 5.14. The van der Waals surface area contributed by atoms with Crippen molar-refractivity contribution in [3.8, 4) is 0 Å². The molecule has 1 saturated carbocycles. The van der Waals surface area contributed by atoms with Crippen LogP contribution in [0.25, 0.3) is 0 Å². The summed E-state index contributed by atoms with van der Waals surface area (Å²) < 4.78 is 0. The summed E-state index contributed by atoms with van der Waals surface area (Å²) in [5.41, 5.74) is 1.39. The minimum Gasteiger partial charge on any atom is -0.396 e. The number of aliphatic hydroxyl groups excluding tert-OH is 1. The number of benzene rings is 1. The third kappa shape index (κ3) is 4.79. The van der Waals surface area contributed by atoms with Gasteiger partial charge in [-0.15, -0.1) is 0 Å². The summed E-state index contributed by atoms with van der Waals surface area (Å²) in [5, 5.41) is 9.50. The lowest BCUT2D eigenvalue weighted by Gasteiger charge is -2.44. The smallest absolute Gasteiger partial charge is 0.0446 e.